The first kappa shape index (κ1) is 19.6. The number of fused-ring (bicyclic) bond motifs is 16. The molecule has 0 atom stereocenters. The molecule has 0 radical (unpaired) electrons. The molecule has 0 saturated heterocycles. The molecule has 0 N–H and O–H groups in total. The Bertz CT molecular complexity index is 2670. The third-order valence-electron chi connectivity index (χ3n) is 9.00. The Morgan fingerprint density at radius 2 is 0.750 bits per heavy atom. The lowest BCUT2D eigenvalue weighted by atomic mass is 10.1. The van der Waals surface area contributed by atoms with E-state index >= 15 is 0 Å². The molecule has 0 aliphatic rings. The van der Waals surface area contributed by atoms with Crippen LogP contribution >= 0.6 is 0 Å². The highest BCUT2D eigenvalue weighted by molar-refractivity contribution is 6.32. The highest BCUT2D eigenvalue weighted by Gasteiger charge is 2.27. The molecule has 0 unspecified atom stereocenters. The van der Waals surface area contributed by atoms with Crippen molar-refractivity contribution in [3.05, 3.63) is 109 Å². The molecule has 0 bridgehead atoms. The van der Waals surface area contributed by atoms with Crippen LogP contribution in [0.4, 0.5) is 0 Å². The van der Waals surface area contributed by atoms with E-state index in [1.807, 2.05) is 12.1 Å². The minimum atomic E-state index is 0.906. The maximum Gasteiger partial charge on any atom is 0.161 e. The van der Waals surface area contributed by atoms with Crippen molar-refractivity contribution in [3.63, 3.8) is 0 Å². The quantitative estimate of drug-likeness (QED) is 0.190. The predicted molar refractivity (Wildman–Crippen MR) is 164 cm³/mol. The van der Waals surface area contributed by atoms with E-state index in [0.717, 1.165) is 65.9 Å². The second-order valence-electron chi connectivity index (χ2n) is 10.9. The number of furan rings is 2. The zero-order valence-corrected chi connectivity index (χ0v) is 21.1. The van der Waals surface area contributed by atoms with Gasteiger partial charge >= 0.3 is 0 Å². The van der Waals surface area contributed by atoms with E-state index in [1.165, 1.54) is 32.6 Å². The molecule has 0 saturated carbocycles. The van der Waals surface area contributed by atoms with Crippen LogP contribution in [0.3, 0.4) is 0 Å². The van der Waals surface area contributed by atoms with Gasteiger partial charge in [0.05, 0.1) is 22.1 Å². The van der Waals surface area contributed by atoms with Crippen molar-refractivity contribution < 1.29 is 8.83 Å². The smallest absolute Gasteiger partial charge is 0.161 e. The van der Waals surface area contributed by atoms with E-state index in [1.54, 1.807) is 0 Å². The Labute approximate surface area is 225 Å². The van der Waals surface area contributed by atoms with Gasteiger partial charge in [0.15, 0.2) is 11.2 Å². The lowest BCUT2D eigenvalue weighted by molar-refractivity contribution is 0.670. The maximum atomic E-state index is 6.71. The number of para-hydroxylation sites is 4. The van der Waals surface area contributed by atoms with Crippen molar-refractivity contribution in [2.75, 3.05) is 0 Å². The van der Waals surface area contributed by atoms with Crippen LogP contribution in [-0.4, -0.2) is 8.80 Å². The third-order valence-corrected chi connectivity index (χ3v) is 9.00. The summed E-state index contributed by atoms with van der Waals surface area (Å²) in [6, 6.07) is 38.8. The Morgan fingerprint density at radius 1 is 0.350 bits per heavy atom. The molecule has 0 amide bonds. The van der Waals surface area contributed by atoms with Gasteiger partial charge in [-0.25, -0.2) is 0 Å². The molecule has 5 heterocycles. The van der Waals surface area contributed by atoms with E-state index in [9.17, 15) is 0 Å². The molecule has 40 heavy (non-hydrogen) atoms. The minimum absolute atomic E-state index is 0.906. The fourth-order valence-corrected chi connectivity index (χ4v) is 7.44. The molecule has 6 aromatic carbocycles. The largest absolute Gasteiger partial charge is 0.454 e. The van der Waals surface area contributed by atoms with Gasteiger partial charge in [0.25, 0.3) is 0 Å². The third kappa shape index (κ3) is 2.02. The second-order valence-corrected chi connectivity index (χ2v) is 10.9. The molecule has 0 aliphatic carbocycles. The van der Waals surface area contributed by atoms with E-state index in [4.69, 9.17) is 8.83 Å². The number of rotatable bonds is 0. The van der Waals surface area contributed by atoms with Crippen LogP contribution < -0.4 is 0 Å². The molecule has 5 aromatic heterocycles. The zero-order chi connectivity index (χ0) is 25.7. The molecule has 0 aliphatic heterocycles. The van der Waals surface area contributed by atoms with Crippen LogP contribution in [0.2, 0.25) is 0 Å². The highest BCUT2D eigenvalue weighted by Crippen LogP contribution is 2.48. The summed E-state index contributed by atoms with van der Waals surface area (Å²) in [7, 11) is 0. The fourth-order valence-electron chi connectivity index (χ4n) is 7.44. The summed E-state index contributed by atoms with van der Waals surface area (Å²) in [4.78, 5) is 0. The van der Waals surface area contributed by atoms with Gasteiger partial charge < -0.3 is 17.6 Å². The van der Waals surface area contributed by atoms with Gasteiger partial charge in [-0.2, -0.15) is 0 Å². The molecule has 11 aromatic rings. The van der Waals surface area contributed by atoms with Crippen molar-refractivity contribution in [1.29, 1.82) is 0 Å². The Hall–Kier alpha value is -5.48. The van der Waals surface area contributed by atoms with Crippen LogP contribution in [0.25, 0.3) is 98.5 Å². The molecular weight excluding hydrogens is 492 g/mol. The first-order valence-electron chi connectivity index (χ1n) is 13.6. The van der Waals surface area contributed by atoms with Crippen LogP contribution in [0.5, 0.6) is 0 Å². The summed E-state index contributed by atoms with van der Waals surface area (Å²) < 4.78 is 18.3. The molecule has 4 heteroatoms. The Morgan fingerprint density at radius 3 is 1.23 bits per heavy atom. The number of aromatic nitrogens is 2. The van der Waals surface area contributed by atoms with Crippen molar-refractivity contribution in [2.24, 2.45) is 0 Å². The fraction of sp³-hybridized carbons (Fsp3) is 0. The molecular formula is C36H18N2O2. The standard InChI is InChI=1S/C36H18N2O2/c1-5-13-27-19(9-1)23-17-25-21-11-3-7-15-29(21)39-35(25)33-31(23)37(27)34-32-24(20-10-2-6-14-28(20)38(32)33)18-26-22-12-4-8-16-30(22)40-36(26)34/h1-18H. The molecule has 4 nitrogen and oxygen atoms in total. The maximum absolute atomic E-state index is 6.71. The number of hydrogen-bond acceptors (Lipinski definition) is 2. The monoisotopic (exact) mass is 510 g/mol. The summed E-state index contributed by atoms with van der Waals surface area (Å²) in [5.41, 5.74) is 10.5. The van der Waals surface area contributed by atoms with E-state index in [-0.39, 0.29) is 0 Å². The Kier molecular flexibility index (Phi) is 3.12. The zero-order valence-electron chi connectivity index (χ0n) is 21.1. The average molecular weight is 511 g/mol. The lowest BCUT2D eigenvalue weighted by Gasteiger charge is -2.12. The van der Waals surface area contributed by atoms with Gasteiger partial charge in [-0.15, -0.1) is 0 Å². The molecule has 11 rings (SSSR count). The second kappa shape index (κ2) is 6.38. The van der Waals surface area contributed by atoms with Crippen LogP contribution in [-0.2, 0) is 0 Å². The van der Waals surface area contributed by atoms with Gasteiger partial charge in [0.1, 0.15) is 22.2 Å². The van der Waals surface area contributed by atoms with Crippen molar-refractivity contribution in [2.45, 2.75) is 0 Å². The normalized spacial score (nSPS) is 13.0. The van der Waals surface area contributed by atoms with Crippen LogP contribution in [0, 0.1) is 0 Å². The molecule has 0 fully saturated rings. The van der Waals surface area contributed by atoms with Gasteiger partial charge in [0, 0.05) is 43.1 Å². The Balaban J connectivity index is 1.61. The number of benzene rings is 6. The summed E-state index contributed by atoms with van der Waals surface area (Å²) in [5, 5.41) is 9.44. The highest BCUT2D eigenvalue weighted by atomic mass is 16.3. The topological polar surface area (TPSA) is 35.1 Å². The van der Waals surface area contributed by atoms with E-state index < -0.39 is 0 Å². The van der Waals surface area contributed by atoms with Gasteiger partial charge in [-0.1, -0.05) is 72.8 Å². The summed E-state index contributed by atoms with van der Waals surface area (Å²) >= 11 is 0. The lowest BCUT2D eigenvalue weighted by Crippen LogP contribution is -1.98. The van der Waals surface area contributed by atoms with Crippen molar-refractivity contribution in [3.8, 4) is 0 Å². The average Bonchev–Trinajstić information content (AvgIpc) is 3.74. The van der Waals surface area contributed by atoms with Crippen molar-refractivity contribution in [1.82, 2.24) is 8.80 Å². The summed E-state index contributed by atoms with van der Waals surface area (Å²) in [5.74, 6) is 0. The minimum Gasteiger partial charge on any atom is -0.454 e. The van der Waals surface area contributed by atoms with Gasteiger partial charge in [0.2, 0.25) is 0 Å². The SMILES string of the molecule is c1ccc2c(c1)oc1c2cc2c3ccccc3n3c2c1n1c2ccccc2c2cc4c5ccccc5oc4c3c21. The van der Waals surface area contributed by atoms with E-state index in [0.29, 0.717) is 0 Å². The number of hydrogen-bond donors (Lipinski definition) is 0. The van der Waals surface area contributed by atoms with Gasteiger partial charge in [-0.3, -0.25) is 0 Å². The van der Waals surface area contributed by atoms with Crippen LogP contribution in [0.15, 0.2) is 118 Å². The van der Waals surface area contributed by atoms with Crippen molar-refractivity contribution >= 4 is 98.5 Å². The summed E-state index contributed by atoms with van der Waals surface area (Å²) in [6.45, 7) is 0. The molecule has 184 valence electrons. The number of nitrogens with zero attached hydrogens (tertiary/aromatic N) is 2. The first-order chi connectivity index (χ1) is 19.9. The van der Waals surface area contributed by atoms with Gasteiger partial charge in [-0.05, 0) is 36.4 Å². The molecule has 0 spiro atoms. The first-order valence-corrected chi connectivity index (χ1v) is 13.6. The van der Waals surface area contributed by atoms with E-state index in [2.05, 4.69) is 106 Å². The van der Waals surface area contributed by atoms with Crippen LogP contribution in [0.1, 0.15) is 0 Å². The summed E-state index contributed by atoms with van der Waals surface area (Å²) in [6.07, 6.45) is 0. The predicted octanol–water partition coefficient (Wildman–Crippen LogP) is 10.0.